The summed E-state index contributed by atoms with van der Waals surface area (Å²) in [7, 11) is 1.68. The number of phenolic OH excluding ortho intramolecular Hbond substituents is 1. The minimum Gasteiger partial charge on any atom is -0.508 e. The molecule has 6 heteroatoms. The molecule has 0 bridgehead atoms. The van der Waals surface area contributed by atoms with E-state index in [1.54, 1.807) is 0 Å². The second-order valence-corrected chi connectivity index (χ2v) is 9.28. The molecule has 0 aliphatic rings. The third-order valence-corrected chi connectivity index (χ3v) is 5.36. The smallest absolute Gasteiger partial charge is 0.302 e. The Morgan fingerprint density at radius 1 is 1.24 bits per heavy atom. The van der Waals surface area contributed by atoms with Crippen LogP contribution in [0.25, 0.3) is 0 Å². The van der Waals surface area contributed by atoms with Gasteiger partial charge in [-0.25, -0.2) is 0 Å². The van der Waals surface area contributed by atoms with Crippen molar-refractivity contribution in [2.24, 2.45) is 5.92 Å². The van der Waals surface area contributed by atoms with Gasteiger partial charge in [-0.1, -0.05) is 18.6 Å². The first kappa shape index (κ1) is 21.7. The highest BCUT2D eigenvalue weighted by Gasteiger charge is 2.28. The third-order valence-electron chi connectivity index (χ3n) is 4.00. The number of phenols is 1. The van der Waals surface area contributed by atoms with Crippen LogP contribution in [0.2, 0.25) is 0 Å². The van der Waals surface area contributed by atoms with Crippen LogP contribution >= 0.6 is 0 Å². The molecule has 1 atom stereocenters. The zero-order chi connectivity index (χ0) is 19.3. The van der Waals surface area contributed by atoms with Crippen LogP contribution in [0, 0.1) is 5.92 Å². The highest BCUT2D eigenvalue weighted by atomic mass is 32.2. The Hall–Kier alpha value is -1.37. The quantitative estimate of drug-likeness (QED) is 0.404. The van der Waals surface area contributed by atoms with Crippen molar-refractivity contribution in [2.45, 2.75) is 44.9 Å². The Balaban J connectivity index is 2.75. The molecule has 1 N–H and O–H groups in total. The van der Waals surface area contributed by atoms with E-state index in [2.05, 4.69) is 26.8 Å². The molecule has 25 heavy (non-hydrogen) atoms. The molecule has 0 saturated carbocycles. The van der Waals surface area contributed by atoms with Crippen molar-refractivity contribution in [3.63, 3.8) is 0 Å². The highest BCUT2D eigenvalue weighted by molar-refractivity contribution is 7.87. The lowest BCUT2D eigenvalue weighted by molar-refractivity contribution is 0.282. The average molecular weight is 371 g/mol. The first-order chi connectivity index (χ1) is 11.4. The van der Waals surface area contributed by atoms with E-state index in [1.165, 1.54) is 23.8 Å². The molecule has 0 radical (unpaired) electrons. The molecular formula is C19H32NO4S+. The van der Waals surface area contributed by atoms with Crippen LogP contribution in [0.4, 0.5) is 5.69 Å². The standard InChI is InChI=1S/C19H31NO4S/c1-15(2)8-7-9-16(3)12-13-24-25(22,23)19-11-10-17(21)14-18(19)20(4,5)6/h8,10-11,14,16H,7,9,12-13H2,1-6H3/p+1/t16-/m0/s1. The molecule has 0 aromatic heterocycles. The Morgan fingerprint density at radius 3 is 2.44 bits per heavy atom. The summed E-state index contributed by atoms with van der Waals surface area (Å²) >= 11 is 0. The van der Waals surface area contributed by atoms with Crippen molar-refractivity contribution in [3.8, 4) is 5.75 Å². The van der Waals surface area contributed by atoms with E-state index in [4.69, 9.17) is 4.18 Å². The molecule has 142 valence electrons. The van der Waals surface area contributed by atoms with Crippen molar-refractivity contribution < 1.29 is 17.7 Å². The minimum atomic E-state index is -3.86. The van der Waals surface area contributed by atoms with E-state index in [0.717, 1.165) is 12.8 Å². The first-order valence-electron chi connectivity index (χ1n) is 8.61. The summed E-state index contributed by atoms with van der Waals surface area (Å²) < 4.78 is 30.7. The van der Waals surface area contributed by atoms with Gasteiger partial charge < -0.3 is 5.11 Å². The van der Waals surface area contributed by atoms with Gasteiger partial charge in [0.2, 0.25) is 0 Å². The van der Waals surface area contributed by atoms with Gasteiger partial charge in [0.1, 0.15) is 5.75 Å². The number of allylic oxidation sites excluding steroid dienone is 2. The topological polar surface area (TPSA) is 63.6 Å². The predicted octanol–water partition coefficient (Wildman–Crippen LogP) is 4.07. The van der Waals surface area contributed by atoms with Gasteiger partial charge in [0, 0.05) is 6.07 Å². The second kappa shape index (κ2) is 8.83. The number of hydrogen-bond donors (Lipinski definition) is 1. The molecule has 1 aromatic carbocycles. The number of benzene rings is 1. The number of quaternary nitrogens is 1. The maximum absolute atomic E-state index is 12.6. The van der Waals surface area contributed by atoms with Gasteiger partial charge in [-0.3, -0.25) is 8.67 Å². The highest BCUT2D eigenvalue weighted by Crippen LogP contribution is 2.32. The van der Waals surface area contributed by atoms with Gasteiger partial charge in [0.15, 0.2) is 10.6 Å². The van der Waals surface area contributed by atoms with Crippen LogP contribution < -0.4 is 4.48 Å². The Kier molecular flexibility index (Phi) is 7.65. The van der Waals surface area contributed by atoms with Crippen molar-refractivity contribution in [1.29, 1.82) is 0 Å². The fourth-order valence-electron chi connectivity index (χ4n) is 2.46. The van der Waals surface area contributed by atoms with Gasteiger partial charge in [-0.2, -0.15) is 8.42 Å². The van der Waals surface area contributed by atoms with Gasteiger partial charge in [-0.15, -0.1) is 0 Å². The van der Waals surface area contributed by atoms with E-state index in [1.807, 2.05) is 21.1 Å². The molecule has 1 aromatic rings. The molecule has 0 spiro atoms. The number of nitrogens with zero attached hydrogens (tertiary/aromatic N) is 1. The Bertz CT molecular complexity index is 699. The van der Waals surface area contributed by atoms with E-state index in [-0.39, 0.29) is 21.7 Å². The van der Waals surface area contributed by atoms with Crippen molar-refractivity contribution in [3.05, 3.63) is 29.8 Å². The van der Waals surface area contributed by atoms with Crippen LogP contribution in [-0.2, 0) is 14.3 Å². The maximum atomic E-state index is 12.6. The zero-order valence-electron chi connectivity index (χ0n) is 16.2. The predicted molar refractivity (Wildman–Crippen MR) is 103 cm³/mol. The van der Waals surface area contributed by atoms with Crippen LogP contribution in [-0.4, -0.2) is 41.3 Å². The summed E-state index contributed by atoms with van der Waals surface area (Å²) in [5.41, 5.74) is 1.79. The molecule has 0 amide bonds. The summed E-state index contributed by atoms with van der Waals surface area (Å²) in [6.07, 6.45) is 4.89. The third kappa shape index (κ3) is 7.18. The van der Waals surface area contributed by atoms with Crippen LogP contribution in [0.1, 0.15) is 40.0 Å². The van der Waals surface area contributed by atoms with Gasteiger partial charge in [-0.05, 0) is 51.2 Å². The second-order valence-electron chi connectivity index (χ2n) is 7.69. The van der Waals surface area contributed by atoms with E-state index in [9.17, 15) is 13.5 Å². The number of aromatic hydroxyl groups is 1. The number of hydrogen-bond acceptors (Lipinski definition) is 4. The minimum absolute atomic E-state index is 0.0369. The van der Waals surface area contributed by atoms with E-state index >= 15 is 0 Å². The fraction of sp³-hybridized carbons (Fsp3) is 0.579. The molecule has 0 unspecified atom stereocenters. The summed E-state index contributed by atoms with van der Waals surface area (Å²) in [4.78, 5) is 0.106. The Labute approximate surface area is 152 Å². The van der Waals surface area contributed by atoms with Gasteiger partial charge >= 0.3 is 10.1 Å². The molecule has 0 saturated heterocycles. The average Bonchev–Trinajstić information content (AvgIpc) is 2.45. The van der Waals surface area contributed by atoms with E-state index in [0.29, 0.717) is 18.0 Å². The molecule has 0 fully saturated rings. The van der Waals surface area contributed by atoms with Crippen molar-refractivity contribution in [2.75, 3.05) is 27.7 Å². The fourth-order valence-corrected chi connectivity index (χ4v) is 3.73. The maximum Gasteiger partial charge on any atom is 0.302 e. The number of rotatable bonds is 9. The normalized spacial score (nSPS) is 13.5. The zero-order valence-corrected chi connectivity index (χ0v) is 17.1. The molecule has 0 heterocycles. The lowest BCUT2D eigenvalue weighted by Gasteiger charge is -2.25. The van der Waals surface area contributed by atoms with Crippen LogP contribution in [0.15, 0.2) is 34.7 Å². The van der Waals surface area contributed by atoms with E-state index < -0.39 is 10.1 Å². The monoisotopic (exact) mass is 370 g/mol. The molecule has 0 aliphatic carbocycles. The molecule has 1 rings (SSSR count). The van der Waals surface area contributed by atoms with Crippen molar-refractivity contribution in [1.82, 2.24) is 4.48 Å². The van der Waals surface area contributed by atoms with Crippen LogP contribution in [0.5, 0.6) is 5.75 Å². The van der Waals surface area contributed by atoms with Crippen LogP contribution in [0.3, 0.4) is 0 Å². The first-order valence-corrected chi connectivity index (χ1v) is 10.0. The van der Waals surface area contributed by atoms with Gasteiger partial charge in [0.25, 0.3) is 0 Å². The lowest BCUT2D eigenvalue weighted by atomic mass is 10.0. The summed E-state index contributed by atoms with van der Waals surface area (Å²) in [5.74, 6) is 0.429. The van der Waals surface area contributed by atoms with Crippen molar-refractivity contribution >= 4 is 15.8 Å². The Morgan fingerprint density at radius 2 is 1.88 bits per heavy atom. The summed E-state index contributed by atoms with van der Waals surface area (Å²) in [6.45, 7) is 6.41. The lowest BCUT2D eigenvalue weighted by Crippen LogP contribution is -2.36. The molecular weight excluding hydrogens is 338 g/mol. The summed E-state index contributed by atoms with van der Waals surface area (Å²) in [6, 6.07) is 4.25. The molecule has 0 aliphatic heterocycles. The molecule has 5 nitrogen and oxygen atoms in total. The SMILES string of the molecule is CC(C)=CCC[C@H](C)CCOS(=O)(=O)c1ccc(O)cc1[N+](C)(C)C. The largest absolute Gasteiger partial charge is 0.508 e. The summed E-state index contributed by atoms with van der Waals surface area (Å²) in [5, 5.41) is 9.69. The van der Waals surface area contributed by atoms with Gasteiger partial charge in [0.05, 0.1) is 27.7 Å².